The highest BCUT2D eigenvalue weighted by Crippen LogP contribution is 2.60. The second-order valence-electron chi connectivity index (χ2n) is 7.32. The van der Waals surface area contributed by atoms with Crippen molar-refractivity contribution in [1.82, 2.24) is 14.8 Å². The Bertz CT molecular complexity index is 458. The first-order valence-corrected chi connectivity index (χ1v) is 8.73. The van der Waals surface area contributed by atoms with Crippen LogP contribution in [0.15, 0.2) is 0 Å². The molecule has 4 aliphatic rings. The molecule has 0 spiro atoms. The lowest BCUT2D eigenvalue weighted by Crippen LogP contribution is -2.47. The minimum Gasteiger partial charge on any atom is -0.317 e. The Morgan fingerprint density at radius 3 is 2.05 bits per heavy atom. The minimum atomic E-state index is 0.569. The van der Waals surface area contributed by atoms with Crippen molar-refractivity contribution in [3.63, 3.8) is 0 Å². The van der Waals surface area contributed by atoms with Crippen LogP contribution in [0.1, 0.15) is 50.2 Å². The molecule has 0 atom stereocenters. The van der Waals surface area contributed by atoms with E-state index in [0.717, 1.165) is 35.3 Å². The second-order valence-corrected chi connectivity index (χ2v) is 7.88. The van der Waals surface area contributed by atoms with Crippen LogP contribution in [0.2, 0.25) is 0 Å². The molecule has 0 radical (unpaired) electrons. The van der Waals surface area contributed by atoms with Crippen molar-refractivity contribution in [3.8, 4) is 0 Å². The van der Waals surface area contributed by atoms with E-state index in [4.69, 9.17) is 0 Å². The van der Waals surface area contributed by atoms with E-state index in [2.05, 4.69) is 37.7 Å². The zero-order valence-electron chi connectivity index (χ0n) is 11.6. The molecule has 0 aromatic carbocycles. The Morgan fingerprint density at radius 2 is 1.58 bits per heavy atom. The summed E-state index contributed by atoms with van der Waals surface area (Å²) in [5, 5.41) is 9.55. The van der Waals surface area contributed by atoms with E-state index in [-0.39, 0.29) is 0 Å². The average Bonchev–Trinajstić information content (AvgIpc) is 2.68. The summed E-state index contributed by atoms with van der Waals surface area (Å²) in [6.07, 6.45) is 10.1. The number of nitrogens with zero attached hydrogens (tertiary/aromatic N) is 3. The molecule has 104 valence electrons. The van der Waals surface area contributed by atoms with Gasteiger partial charge in [-0.15, -0.1) is 10.2 Å². The summed E-state index contributed by atoms with van der Waals surface area (Å²) in [6, 6.07) is 0. The van der Waals surface area contributed by atoms with Gasteiger partial charge in [0.05, 0.1) is 5.33 Å². The summed E-state index contributed by atoms with van der Waals surface area (Å²) in [5.74, 6) is 5.33. The summed E-state index contributed by atoms with van der Waals surface area (Å²) < 4.78 is 2.20. The Labute approximate surface area is 123 Å². The maximum atomic E-state index is 4.45. The topological polar surface area (TPSA) is 30.7 Å². The normalized spacial score (nSPS) is 40.0. The Hall–Kier alpha value is -0.380. The molecule has 0 saturated heterocycles. The highest BCUT2D eigenvalue weighted by Gasteiger charge is 2.51. The van der Waals surface area contributed by atoms with E-state index in [0.29, 0.717) is 5.41 Å². The van der Waals surface area contributed by atoms with Crippen molar-refractivity contribution in [1.29, 1.82) is 0 Å². The average molecular weight is 324 g/mol. The molecule has 1 heterocycles. The first kappa shape index (κ1) is 12.4. The predicted octanol–water partition coefficient (Wildman–Crippen LogP) is 3.47. The number of halogens is 1. The van der Waals surface area contributed by atoms with Crippen molar-refractivity contribution in [2.24, 2.45) is 30.2 Å². The third kappa shape index (κ3) is 1.98. The van der Waals surface area contributed by atoms with E-state index in [1.54, 1.807) is 0 Å². The zero-order chi connectivity index (χ0) is 13.0. The van der Waals surface area contributed by atoms with E-state index in [1.807, 2.05) is 0 Å². The molecule has 0 N–H and O–H groups in total. The fraction of sp³-hybridized carbons (Fsp3) is 0.867. The van der Waals surface area contributed by atoms with Crippen molar-refractivity contribution >= 4 is 15.9 Å². The van der Waals surface area contributed by atoms with E-state index in [1.165, 1.54) is 44.3 Å². The van der Waals surface area contributed by atoms with Gasteiger partial charge in [-0.05, 0) is 61.7 Å². The monoisotopic (exact) mass is 323 g/mol. The Balaban J connectivity index is 1.60. The second kappa shape index (κ2) is 4.31. The van der Waals surface area contributed by atoms with Crippen LogP contribution in [0, 0.1) is 23.2 Å². The zero-order valence-corrected chi connectivity index (χ0v) is 13.2. The first-order chi connectivity index (χ1) is 9.17. The van der Waals surface area contributed by atoms with Crippen LogP contribution in [-0.2, 0) is 18.8 Å². The minimum absolute atomic E-state index is 0.569. The predicted molar refractivity (Wildman–Crippen MR) is 77.9 cm³/mol. The van der Waals surface area contributed by atoms with Crippen LogP contribution >= 0.6 is 15.9 Å². The Kier molecular flexibility index (Phi) is 2.80. The highest BCUT2D eigenvalue weighted by atomic mass is 79.9. The molecule has 3 nitrogen and oxygen atoms in total. The lowest BCUT2D eigenvalue weighted by molar-refractivity contribution is -0.0535. The van der Waals surface area contributed by atoms with Gasteiger partial charge in [-0.3, -0.25) is 0 Å². The van der Waals surface area contributed by atoms with Crippen molar-refractivity contribution in [3.05, 3.63) is 11.6 Å². The lowest BCUT2D eigenvalue weighted by Gasteiger charge is -2.56. The number of rotatable bonds is 3. The Morgan fingerprint density at radius 1 is 1.05 bits per heavy atom. The van der Waals surface area contributed by atoms with E-state index in [9.17, 15) is 0 Å². The molecule has 0 unspecified atom stereocenters. The molecule has 19 heavy (non-hydrogen) atoms. The van der Waals surface area contributed by atoms with Gasteiger partial charge >= 0.3 is 0 Å². The summed E-state index contributed by atoms with van der Waals surface area (Å²) in [4.78, 5) is 0. The van der Waals surface area contributed by atoms with Gasteiger partial charge in [0.15, 0.2) is 0 Å². The molecule has 0 aliphatic heterocycles. The van der Waals surface area contributed by atoms with Gasteiger partial charge in [0.1, 0.15) is 11.6 Å². The maximum Gasteiger partial charge on any atom is 0.143 e. The fourth-order valence-corrected chi connectivity index (χ4v) is 6.00. The van der Waals surface area contributed by atoms with E-state index >= 15 is 0 Å². The van der Waals surface area contributed by atoms with Gasteiger partial charge in [0, 0.05) is 13.5 Å². The number of hydrogen-bond donors (Lipinski definition) is 0. The van der Waals surface area contributed by atoms with Crippen molar-refractivity contribution in [2.75, 3.05) is 0 Å². The quantitative estimate of drug-likeness (QED) is 0.797. The van der Waals surface area contributed by atoms with E-state index < -0.39 is 0 Å². The molecular formula is C15H22BrN3. The third-order valence-corrected chi connectivity index (χ3v) is 6.37. The molecular weight excluding hydrogens is 302 g/mol. The van der Waals surface area contributed by atoms with Crippen molar-refractivity contribution in [2.45, 2.75) is 50.3 Å². The molecule has 4 bridgehead atoms. The molecule has 4 aliphatic carbocycles. The van der Waals surface area contributed by atoms with Gasteiger partial charge in [-0.25, -0.2) is 0 Å². The van der Waals surface area contributed by atoms with Crippen LogP contribution < -0.4 is 0 Å². The first-order valence-electron chi connectivity index (χ1n) is 7.60. The summed E-state index contributed by atoms with van der Waals surface area (Å²) in [7, 11) is 2.12. The van der Waals surface area contributed by atoms with Crippen LogP contribution in [0.4, 0.5) is 0 Å². The van der Waals surface area contributed by atoms with Gasteiger partial charge in [-0.1, -0.05) is 15.9 Å². The van der Waals surface area contributed by atoms with Gasteiger partial charge in [0.25, 0.3) is 0 Å². The molecule has 1 aromatic rings. The summed E-state index contributed by atoms with van der Waals surface area (Å²) in [6.45, 7) is 0. The molecule has 4 fully saturated rings. The van der Waals surface area contributed by atoms with Gasteiger partial charge < -0.3 is 4.57 Å². The lowest BCUT2D eigenvalue weighted by atomic mass is 9.49. The highest BCUT2D eigenvalue weighted by molar-refractivity contribution is 9.08. The largest absolute Gasteiger partial charge is 0.317 e. The number of alkyl halides is 1. The molecule has 0 amide bonds. The summed E-state index contributed by atoms with van der Waals surface area (Å²) in [5.41, 5.74) is 0.569. The molecule has 5 rings (SSSR count). The van der Waals surface area contributed by atoms with Gasteiger partial charge in [-0.2, -0.15) is 0 Å². The molecule has 4 saturated carbocycles. The smallest absolute Gasteiger partial charge is 0.143 e. The standard InChI is InChI=1S/C15H22BrN3/c1-19-13(17-18-14(19)9-16)8-15-5-10-2-11(6-15)4-12(3-10)7-15/h10-12H,2-9H2,1H3. The number of aromatic nitrogens is 3. The fourth-order valence-electron chi connectivity index (χ4n) is 5.51. The molecule has 4 heteroatoms. The van der Waals surface area contributed by atoms with Crippen LogP contribution in [0.5, 0.6) is 0 Å². The maximum absolute atomic E-state index is 4.45. The third-order valence-electron chi connectivity index (χ3n) is 5.87. The van der Waals surface area contributed by atoms with Crippen LogP contribution in [-0.4, -0.2) is 14.8 Å². The van der Waals surface area contributed by atoms with Crippen LogP contribution in [0.3, 0.4) is 0 Å². The SMILES string of the molecule is Cn1c(CBr)nnc1CC12CC3CC(CC(C3)C1)C2. The van der Waals surface area contributed by atoms with Crippen LogP contribution in [0.25, 0.3) is 0 Å². The van der Waals surface area contributed by atoms with Crippen molar-refractivity contribution < 1.29 is 0 Å². The molecule has 1 aromatic heterocycles. The van der Waals surface area contributed by atoms with Gasteiger partial charge in [0.2, 0.25) is 0 Å². The summed E-state index contributed by atoms with van der Waals surface area (Å²) >= 11 is 3.49. The number of hydrogen-bond acceptors (Lipinski definition) is 2.